The number of halogens is 1. The quantitative estimate of drug-likeness (QED) is 0.553. The lowest BCUT2D eigenvalue weighted by Gasteiger charge is -2.36. The van der Waals surface area contributed by atoms with Crippen LogP contribution in [0.5, 0.6) is 5.75 Å². The van der Waals surface area contributed by atoms with Crippen molar-refractivity contribution in [1.82, 2.24) is 14.3 Å². The average Bonchev–Trinajstić information content (AvgIpc) is 3.49. The lowest BCUT2D eigenvalue weighted by molar-refractivity contribution is -0.135. The van der Waals surface area contributed by atoms with E-state index in [2.05, 4.69) is 16.2 Å². The largest absolute Gasteiger partial charge is 0.477 e. The third-order valence-electron chi connectivity index (χ3n) is 7.52. The normalized spacial score (nSPS) is 23.3. The molecular formula is C24H31FN4O5S2. The molecule has 0 N–H and O–H groups in total. The lowest BCUT2D eigenvalue weighted by atomic mass is 9.82. The van der Waals surface area contributed by atoms with E-state index < -0.39 is 21.8 Å². The van der Waals surface area contributed by atoms with E-state index in [1.165, 1.54) is 23.7 Å². The SMILES string of the molecule is CC1(c2nsc(N3CCC(N4CC[C@H](Oc5ccc(S(C)(=O)=O)cc5F)C4=O)CC3)n2)CCOCC1. The molecule has 3 aliphatic rings. The van der Waals surface area contributed by atoms with E-state index in [0.717, 1.165) is 75.3 Å². The second-order valence-corrected chi connectivity index (χ2v) is 12.8. The van der Waals surface area contributed by atoms with E-state index in [0.29, 0.717) is 13.0 Å². The number of likely N-dealkylation sites (tertiary alicyclic amines) is 1. The summed E-state index contributed by atoms with van der Waals surface area (Å²) in [6.07, 6.45) is 4.20. The molecule has 0 aliphatic carbocycles. The fraction of sp³-hybridized carbons (Fsp3) is 0.625. The summed E-state index contributed by atoms with van der Waals surface area (Å²) in [5.74, 6) is -0.142. The minimum atomic E-state index is -3.52. The van der Waals surface area contributed by atoms with Crippen molar-refractivity contribution < 1.29 is 27.1 Å². The summed E-state index contributed by atoms with van der Waals surface area (Å²) in [7, 11) is -3.52. The number of benzene rings is 1. The van der Waals surface area contributed by atoms with E-state index in [-0.39, 0.29) is 28.0 Å². The Labute approximate surface area is 214 Å². The van der Waals surface area contributed by atoms with Crippen molar-refractivity contribution in [2.45, 2.75) is 61.5 Å². The predicted octanol–water partition coefficient (Wildman–Crippen LogP) is 2.80. The third-order valence-corrected chi connectivity index (χ3v) is 9.41. The number of hydrogen-bond acceptors (Lipinski definition) is 9. The number of ether oxygens (including phenoxy) is 2. The minimum absolute atomic E-state index is 0.0348. The number of anilines is 1. The molecule has 4 heterocycles. The van der Waals surface area contributed by atoms with Gasteiger partial charge in [0.15, 0.2) is 33.3 Å². The van der Waals surface area contributed by atoms with E-state index in [4.69, 9.17) is 14.5 Å². The monoisotopic (exact) mass is 538 g/mol. The summed E-state index contributed by atoms with van der Waals surface area (Å²) < 4.78 is 53.5. The van der Waals surface area contributed by atoms with Crippen LogP contribution >= 0.6 is 11.5 Å². The highest BCUT2D eigenvalue weighted by Gasteiger charge is 2.40. The van der Waals surface area contributed by atoms with Crippen LogP contribution < -0.4 is 9.64 Å². The van der Waals surface area contributed by atoms with Crippen molar-refractivity contribution in [2.75, 3.05) is 44.0 Å². The lowest BCUT2D eigenvalue weighted by Crippen LogP contribution is -2.47. The molecule has 1 atom stereocenters. The number of nitrogens with zero attached hydrogens (tertiary/aromatic N) is 4. The zero-order valence-electron chi connectivity index (χ0n) is 20.5. The van der Waals surface area contributed by atoms with Gasteiger partial charge in [-0.05, 0) is 43.9 Å². The Bertz CT molecular complexity index is 1220. The van der Waals surface area contributed by atoms with Crippen molar-refractivity contribution in [1.29, 1.82) is 0 Å². The van der Waals surface area contributed by atoms with E-state index in [1.807, 2.05) is 4.90 Å². The average molecular weight is 539 g/mol. The molecule has 0 unspecified atom stereocenters. The summed E-state index contributed by atoms with van der Waals surface area (Å²) >= 11 is 1.44. The molecule has 1 aromatic carbocycles. The van der Waals surface area contributed by atoms with Gasteiger partial charge in [-0.3, -0.25) is 4.79 Å². The fourth-order valence-electron chi connectivity index (χ4n) is 5.11. The van der Waals surface area contributed by atoms with Crippen molar-refractivity contribution in [2.24, 2.45) is 0 Å². The van der Waals surface area contributed by atoms with Crippen LogP contribution in [-0.4, -0.2) is 79.8 Å². The Balaban J connectivity index is 1.17. The van der Waals surface area contributed by atoms with Crippen LogP contribution in [0.25, 0.3) is 0 Å². The topological polar surface area (TPSA) is 102 Å². The first-order valence-corrected chi connectivity index (χ1v) is 14.9. The number of rotatable bonds is 6. The maximum Gasteiger partial charge on any atom is 0.263 e. The summed E-state index contributed by atoms with van der Waals surface area (Å²) in [5, 5.41) is 0.929. The maximum absolute atomic E-state index is 14.4. The Kier molecular flexibility index (Phi) is 6.94. The van der Waals surface area contributed by atoms with Crippen molar-refractivity contribution in [3.8, 4) is 5.75 Å². The van der Waals surface area contributed by atoms with Crippen molar-refractivity contribution in [3.63, 3.8) is 0 Å². The van der Waals surface area contributed by atoms with E-state index in [9.17, 15) is 17.6 Å². The van der Waals surface area contributed by atoms with Gasteiger partial charge in [-0.1, -0.05) is 6.92 Å². The van der Waals surface area contributed by atoms with E-state index >= 15 is 0 Å². The van der Waals surface area contributed by atoms with Crippen LogP contribution in [0.15, 0.2) is 23.1 Å². The number of amides is 1. The number of carbonyl (C=O) groups excluding carboxylic acids is 1. The second kappa shape index (κ2) is 9.86. The van der Waals surface area contributed by atoms with Gasteiger partial charge < -0.3 is 19.3 Å². The van der Waals surface area contributed by atoms with Gasteiger partial charge in [0, 0.05) is 68.5 Å². The Hall–Kier alpha value is -2.31. The zero-order valence-corrected chi connectivity index (χ0v) is 22.1. The van der Waals surface area contributed by atoms with Crippen molar-refractivity contribution in [3.05, 3.63) is 29.8 Å². The minimum Gasteiger partial charge on any atom is -0.477 e. The molecule has 1 aromatic heterocycles. The number of sulfone groups is 1. The van der Waals surface area contributed by atoms with Gasteiger partial charge in [0.25, 0.3) is 5.91 Å². The number of aromatic nitrogens is 2. The summed E-state index contributed by atoms with van der Waals surface area (Å²) in [6.45, 7) is 5.82. The standard InChI is InChI=1S/C24H31FN4O5S2/c1-24(8-13-33-14-9-24)22-26-23(35-27-22)28-10-5-16(6-11-28)29-12-7-20(21(29)30)34-19-4-3-17(15-18(19)25)36(2,31)32/h3-4,15-16,20H,5-14H2,1-2H3/t20-/m0/s1. The smallest absolute Gasteiger partial charge is 0.263 e. The van der Waals surface area contributed by atoms with Crippen LogP contribution in [-0.2, 0) is 24.8 Å². The Morgan fingerprint density at radius 2 is 1.89 bits per heavy atom. The van der Waals surface area contributed by atoms with Gasteiger partial charge in [-0.15, -0.1) is 0 Å². The van der Waals surface area contributed by atoms with Crippen LogP contribution in [0.1, 0.15) is 44.9 Å². The first kappa shape index (κ1) is 25.3. The molecule has 0 saturated carbocycles. The molecule has 196 valence electrons. The third kappa shape index (κ3) is 5.08. The number of piperidine rings is 1. The molecule has 0 bridgehead atoms. The summed E-state index contributed by atoms with van der Waals surface area (Å²) in [4.78, 5) is 21.9. The molecule has 0 spiro atoms. The van der Waals surface area contributed by atoms with Gasteiger partial charge in [-0.2, -0.15) is 4.37 Å². The number of carbonyl (C=O) groups is 1. The van der Waals surface area contributed by atoms with Gasteiger partial charge in [0.1, 0.15) is 0 Å². The highest BCUT2D eigenvalue weighted by molar-refractivity contribution is 7.90. The molecule has 3 fully saturated rings. The molecule has 0 radical (unpaired) electrons. The van der Waals surface area contributed by atoms with Gasteiger partial charge in [-0.25, -0.2) is 17.8 Å². The molecule has 36 heavy (non-hydrogen) atoms. The van der Waals surface area contributed by atoms with Crippen LogP contribution in [0, 0.1) is 5.82 Å². The van der Waals surface area contributed by atoms with Crippen LogP contribution in [0.3, 0.4) is 0 Å². The number of hydrogen-bond donors (Lipinski definition) is 0. The molecule has 1 amide bonds. The predicted molar refractivity (Wildman–Crippen MR) is 133 cm³/mol. The Morgan fingerprint density at radius 3 is 2.56 bits per heavy atom. The molecule has 3 aliphatic heterocycles. The molecule has 12 heteroatoms. The maximum atomic E-state index is 14.4. The molecule has 2 aromatic rings. The van der Waals surface area contributed by atoms with Gasteiger partial charge in [0.05, 0.1) is 4.90 Å². The molecule has 9 nitrogen and oxygen atoms in total. The molecule has 5 rings (SSSR count). The fourth-order valence-corrected chi connectivity index (χ4v) is 6.60. The second-order valence-electron chi connectivity index (χ2n) is 10.1. The van der Waals surface area contributed by atoms with Gasteiger partial charge >= 0.3 is 0 Å². The van der Waals surface area contributed by atoms with Gasteiger partial charge in [0.2, 0.25) is 5.13 Å². The highest BCUT2D eigenvalue weighted by atomic mass is 32.2. The van der Waals surface area contributed by atoms with Crippen LogP contribution in [0.4, 0.5) is 9.52 Å². The zero-order chi connectivity index (χ0) is 25.5. The van der Waals surface area contributed by atoms with E-state index in [1.54, 1.807) is 0 Å². The summed E-state index contributed by atoms with van der Waals surface area (Å²) in [6, 6.07) is 3.60. The first-order valence-electron chi connectivity index (χ1n) is 12.3. The molecular weight excluding hydrogens is 507 g/mol. The first-order chi connectivity index (χ1) is 17.1. The van der Waals surface area contributed by atoms with Crippen molar-refractivity contribution >= 4 is 32.4 Å². The Morgan fingerprint density at radius 1 is 1.17 bits per heavy atom. The molecule has 3 saturated heterocycles. The summed E-state index contributed by atoms with van der Waals surface area (Å²) in [5.41, 5.74) is -0.0348. The van der Waals surface area contributed by atoms with Crippen LogP contribution in [0.2, 0.25) is 0 Å². The highest BCUT2D eigenvalue weighted by Crippen LogP contribution is 2.35.